The number of ether oxygens (including phenoxy) is 1. The predicted molar refractivity (Wildman–Crippen MR) is 95.5 cm³/mol. The van der Waals surface area contributed by atoms with Crippen molar-refractivity contribution in [2.45, 2.75) is 6.92 Å². The number of amides is 1. The van der Waals surface area contributed by atoms with Crippen LogP contribution in [0.4, 0.5) is 0 Å². The summed E-state index contributed by atoms with van der Waals surface area (Å²) < 4.78 is 7.07. The standard InChI is InChI=1S/C19H14N4O3/c1-12-5-4-6-14(9-12)26-18-15(10-13(11-20)17(21)24)19(25)23-8-3-2-7-16(23)22-18/h2-10H,1H3,(H2,21,24). The van der Waals surface area contributed by atoms with E-state index in [-0.39, 0.29) is 17.0 Å². The minimum Gasteiger partial charge on any atom is -0.438 e. The minimum absolute atomic E-state index is 0.0131. The molecule has 0 unspecified atom stereocenters. The average molecular weight is 346 g/mol. The molecule has 0 fully saturated rings. The molecule has 2 aromatic heterocycles. The summed E-state index contributed by atoms with van der Waals surface area (Å²) in [5, 5.41) is 9.09. The average Bonchev–Trinajstić information content (AvgIpc) is 2.61. The van der Waals surface area contributed by atoms with E-state index < -0.39 is 11.5 Å². The third-order valence-electron chi connectivity index (χ3n) is 3.61. The van der Waals surface area contributed by atoms with E-state index in [1.165, 1.54) is 10.6 Å². The fourth-order valence-electron chi connectivity index (χ4n) is 2.38. The number of fused-ring (bicyclic) bond motifs is 1. The molecule has 0 saturated carbocycles. The third kappa shape index (κ3) is 3.30. The van der Waals surface area contributed by atoms with Gasteiger partial charge in [0.1, 0.15) is 28.6 Å². The number of pyridine rings is 1. The number of nitrogens with zero attached hydrogens (tertiary/aromatic N) is 3. The largest absolute Gasteiger partial charge is 0.438 e. The van der Waals surface area contributed by atoms with E-state index >= 15 is 0 Å². The Hall–Kier alpha value is -3.92. The van der Waals surface area contributed by atoms with Crippen LogP contribution in [0.15, 0.2) is 59.0 Å². The Balaban J connectivity index is 2.26. The van der Waals surface area contributed by atoms with Gasteiger partial charge in [-0.1, -0.05) is 18.2 Å². The van der Waals surface area contributed by atoms with Crippen LogP contribution in [0.25, 0.3) is 11.7 Å². The lowest BCUT2D eigenvalue weighted by Crippen LogP contribution is -2.20. The fraction of sp³-hybridized carbons (Fsp3) is 0.0526. The van der Waals surface area contributed by atoms with Crippen LogP contribution in [0.3, 0.4) is 0 Å². The molecule has 0 radical (unpaired) electrons. The van der Waals surface area contributed by atoms with E-state index in [1.54, 1.807) is 42.5 Å². The quantitative estimate of drug-likeness (QED) is 0.575. The maximum Gasteiger partial charge on any atom is 0.269 e. The summed E-state index contributed by atoms with van der Waals surface area (Å²) in [6, 6.07) is 13.9. The topological polar surface area (TPSA) is 110 Å². The number of nitrogens with two attached hydrogens (primary N) is 1. The number of benzene rings is 1. The van der Waals surface area contributed by atoms with Crippen molar-refractivity contribution in [1.82, 2.24) is 9.38 Å². The Kier molecular flexibility index (Phi) is 4.50. The molecule has 7 nitrogen and oxygen atoms in total. The van der Waals surface area contributed by atoms with Gasteiger partial charge in [0.2, 0.25) is 5.88 Å². The van der Waals surface area contributed by atoms with Gasteiger partial charge in [-0.25, -0.2) is 0 Å². The first-order valence-electron chi connectivity index (χ1n) is 7.67. The van der Waals surface area contributed by atoms with E-state index in [1.807, 2.05) is 13.0 Å². The lowest BCUT2D eigenvalue weighted by Gasteiger charge is -2.10. The highest BCUT2D eigenvalue weighted by molar-refractivity contribution is 6.00. The van der Waals surface area contributed by atoms with Gasteiger partial charge in [0, 0.05) is 6.20 Å². The Bertz CT molecular complexity index is 1140. The normalized spacial score (nSPS) is 11.2. The van der Waals surface area contributed by atoms with Crippen LogP contribution < -0.4 is 16.0 Å². The van der Waals surface area contributed by atoms with E-state index in [4.69, 9.17) is 15.7 Å². The number of rotatable bonds is 4. The molecule has 0 spiro atoms. The monoisotopic (exact) mass is 346 g/mol. The van der Waals surface area contributed by atoms with E-state index in [9.17, 15) is 9.59 Å². The van der Waals surface area contributed by atoms with E-state index in [0.29, 0.717) is 11.4 Å². The van der Waals surface area contributed by atoms with Gasteiger partial charge in [-0.3, -0.25) is 14.0 Å². The van der Waals surface area contributed by atoms with Crippen LogP contribution >= 0.6 is 0 Å². The van der Waals surface area contributed by atoms with Gasteiger partial charge < -0.3 is 10.5 Å². The van der Waals surface area contributed by atoms with Crippen molar-refractivity contribution in [1.29, 1.82) is 5.26 Å². The SMILES string of the molecule is Cc1cccc(Oc2nc3ccccn3c(=O)c2C=C(C#N)C(N)=O)c1. The number of aryl methyl sites for hydroxylation is 1. The second-order valence-electron chi connectivity index (χ2n) is 5.52. The summed E-state index contributed by atoms with van der Waals surface area (Å²) in [7, 11) is 0. The fourth-order valence-corrected chi connectivity index (χ4v) is 2.38. The molecular weight excluding hydrogens is 332 g/mol. The van der Waals surface area contributed by atoms with Crippen molar-refractivity contribution in [3.8, 4) is 17.7 Å². The molecule has 0 aliphatic heterocycles. The lowest BCUT2D eigenvalue weighted by atomic mass is 10.2. The molecule has 0 atom stereocenters. The van der Waals surface area contributed by atoms with E-state index in [0.717, 1.165) is 11.6 Å². The highest BCUT2D eigenvalue weighted by atomic mass is 16.5. The predicted octanol–water partition coefficient (Wildman–Crippen LogP) is 2.19. The smallest absolute Gasteiger partial charge is 0.269 e. The molecule has 3 aromatic rings. The van der Waals surface area contributed by atoms with Gasteiger partial charge in [-0.05, 0) is 42.8 Å². The number of carbonyl (C=O) groups is 1. The Morgan fingerprint density at radius 1 is 1.31 bits per heavy atom. The van der Waals surface area contributed by atoms with Gasteiger partial charge in [-0.2, -0.15) is 10.2 Å². The molecule has 3 rings (SSSR count). The van der Waals surface area contributed by atoms with Crippen LogP contribution in [0.1, 0.15) is 11.1 Å². The van der Waals surface area contributed by atoms with E-state index in [2.05, 4.69) is 4.98 Å². The Morgan fingerprint density at radius 3 is 2.81 bits per heavy atom. The van der Waals surface area contributed by atoms with Gasteiger partial charge in [0.05, 0.1) is 0 Å². The molecular formula is C19H14N4O3. The van der Waals surface area contributed by atoms with Crippen molar-refractivity contribution < 1.29 is 9.53 Å². The van der Waals surface area contributed by atoms with Gasteiger partial charge in [-0.15, -0.1) is 0 Å². The number of nitriles is 1. The van der Waals surface area contributed by atoms with Crippen molar-refractivity contribution in [3.05, 3.63) is 75.7 Å². The van der Waals surface area contributed by atoms with Crippen molar-refractivity contribution >= 4 is 17.6 Å². The van der Waals surface area contributed by atoms with Crippen molar-refractivity contribution in [2.75, 3.05) is 0 Å². The number of carbonyl (C=O) groups excluding carboxylic acids is 1. The molecule has 1 aromatic carbocycles. The Morgan fingerprint density at radius 2 is 2.12 bits per heavy atom. The third-order valence-corrected chi connectivity index (χ3v) is 3.61. The maximum atomic E-state index is 12.8. The molecule has 2 heterocycles. The number of aromatic nitrogens is 2. The summed E-state index contributed by atoms with van der Waals surface area (Å²) in [4.78, 5) is 28.5. The molecule has 7 heteroatoms. The zero-order chi connectivity index (χ0) is 18.7. The van der Waals surface area contributed by atoms with Gasteiger partial charge >= 0.3 is 0 Å². The van der Waals surface area contributed by atoms with Gasteiger partial charge in [0.25, 0.3) is 11.5 Å². The molecule has 2 N–H and O–H groups in total. The van der Waals surface area contributed by atoms with Crippen molar-refractivity contribution in [3.63, 3.8) is 0 Å². The summed E-state index contributed by atoms with van der Waals surface area (Å²) in [6.45, 7) is 1.90. The second-order valence-corrected chi connectivity index (χ2v) is 5.52. The summed E-state index contributed by atoms with van der Waals surface area (Å²) >= 11 is 0. The number of hydrogen-bond acceptors (Lipinski definition) is 5. The molecule has 0 bridgehead atoms. The number of hydrogen-bond donors (Lipinski definition) is 1. The first kappa shape index (κ1) is 16.9. The van der Waals surface area contributed by atoms with Crippen LogP contribution in [0, 0.1) is 18.3 Å². The highest BCUT2D eigenvalue weighted by Gasteiger charge is 2.16. The summed E-state index contributed by atoms with van der Waals surface area (Å²) in [6.07, 6.45) is 2.64. The molecule has 0 aliphatic carbocycles. The molecule has 0 aliphatic rings. The van der Waals surface area contributed by atoms with Gasteiger partial charge in [0.15, 0.2) is 0 Å². The van der Waals surface area contributed by atoms with Crippen LogP contribution in [-0.4, -0.2) is 15.3 Å². The summed E-state index contributed by atoms with van der Waals surface area (Å²) in [5.41, 5.74) is 5.63. The first-order valence-corrected chi connectivity index (χ1v) is 7.67. The minimum atomic E-state index is -0.938. The summed E-state index contributed by atoms with van der Waals surface area (Å²) in [5.74, 6) is -0.475. The second kappa shape index (κ2) is 6.91. The van der Waals surface area contributed by atoms with Crippen LogP contribution in [0.5, 0.6) is 11.6 Å². The Labute approximate surface area is 148 Å². The molecule has 0 saturated heterocycles. The first-order chi connectivity index (χ1) is 12.5. The zero-order valence-electron chi connectivity index (χ0n) is 13.8. The van der Waals surface area contributed by atoms with Crippen molar-refractivity contribution in [2.24, 2.45) is 5.73 Å². The maximum absolute atomic E-state index is 12.8. The molecule has 1 amide bonds. The van der Waals surface area contributed by atoms with Crippen LogP contribution in [0.2, 0.25) is 0 Å². The molecule has 128 valence electrons. The molecule has 26 heavy (non-hydrogen) atoms. The van der Waals surface area contributed by atoms with Crippen LogP contribution in [-0.2, 0) is 4.79 Å². The zero-order valence-corrected chi connectivity index (χ0v) is 13.8. The lowest BCUT2D eigenvalue weighted by molar-refractivity contribution is -0.114. The number of primary amides is 1. The highest BCUT2D eigenvalue weighted by Crippen LogP contribution is 2.24.